The van der Waals surface area contributed by atoms with Crippen LogP contribution in [0.4, 0.5) is 5.82 Å². The van der Waals surface area contributed by atoms with E-state index in [9.17, 15) is 4.79 Å². The fourth-order valence-electron chi connectivity index (χ4n) is 3.75. The van der Waals surface area contributed by atoms with Gasteiger partial charge < -0.3 is 10.2 Å². The van der Waals surface area contributed by atoms with Crippen LogP contribution < -0.4 is 5.32 Å². The summed E-state index contributed by atoms with van der Waals surface area (Å²) in [5, 5.41) is 4.48. The van der Waals surface area contributed by atoms with Crippen LogP contribution in [0.3, 0.4) is 0 Å². The van der Waals surface area contributed by atoms with E-state index in [4.69, 9.17) is 0 Å². The van der Waals surface area contributed by atoms with Crippen LogP contribution in [0.2, 0.25) is 0 Å². The van der Waals surface area contributed by atoms with Crippen molar-refractivity contribution in [1.82, 2.24) is 14.9 Å². The van der Waals surface area contributed by atoms with Gasteiger partial charge in [-0.15, -0.1) is 11.3 Å². The summed E-state index contributed by atoms with van der Waals surface area (Å²) in [6.07, 6.45) is 6.41. The minimum atomic E-state index is 0.222. The van der Waals surface area contributed by atoms with Crippen molar-refractivity contribution >= 4 is 33.3 Å². The van der Waals surface area contributed by atoms with Crippen molar-refractivity contribution < 1.29 is 4.79 Å². The number of nitrogens with one attached hydrogen (secondary N) is 1. The number of unbranched alkanes of at least 4 members (excludes halogenated alkanes) is 2. The highest BCUT2D eigenvalue weighted by molar-refractivity contribution is 7.19. The molecule has 0 aliphatic carbocycles. The summed E-state index contributed by atoms with van der Waals surface area (Å²) < 4.78 is 0. The fraction of sp³-hybridized carbons (Fsp3) is 0.480. The molecule has 0 radical (unpaired) electrons. The van der Waals surface area contributed by atoms with Crippen molar-refractivity contribution in [1.29, 1.82) is 0 Å². The number of hydrogen-bond donors (Lipinski definition) is 1. The van der Waals surface area contributed by atoms with E-state index >= 15 is 0 Å². The lowest BCUT2D eigenvalue weighted by Crippen LogP contribution is -2.34. The van der Waals surface area contributed by atoms with E-state index in [1.807, 2.05) is 4.90 Å². The zero-order chi connectivity index (χ0) is 22.2. The van der Waals surface area contributed by atoms with Crippen molar-refractivity contribution in [3.8, 4) is 11.1 Å². The molecule has 1 aromatic carbocycles. The van der Waals surface area contributed by atoms with Gasteiger partial charge in [0.1, 0.15) is 17.0 Å². The van der Waals surface area contributed by atoms with Gasteiger partial charge in [-0.2, -0.15) is 0 Å². The molecule has 1 amide bonds. The van der Waals surface area contributed by atoms with Crippen LogP contribution in [0.1, 0.15) is 56.4 Å². The quantitative estimate of drug-likeness (QED) is 0.387. The van der Waals surface area contributed by atoms with Crippen LogP contribution in [-0.2, 0) is 4.79 Å². The Hall–Kier alpha value is -2.47. The molecule has 0 saturated heterocycles. The van der Waals surface area contributed by atoms with Gasteiger partial charge in [-0.1, -0.05) is 56.5 Å². The summed E-state index contributed by atoms with van der Waals surface area (Å²) in [5.74, 6) is 1.03. The summed E-state index contributed by atoms with van der Waals surface area (Å²) >= 11 is 1.69. The number of rotatable bonds is 11. The molecule has 5 nitrogen and oxygen atoms in total. The molecule has 0 atom stereocenters. The maximum absolute atomic E-state index is 12.8. The molecule has 3 rings (SSSR count). The molecule has 6 heteroatoms. The molecular formula is C25H34N4OS. The first-order valence-corrected chi connectivity index (χ1v) is 12.2. The van der Waals surface area contributed by atoms with Gasteiger partial charge in [-0.3, -0.25) is 4.79 Å². The molecule has 2 aromatic heterocycles. The van der Waals surface area contributed by atoms with Crippen molar-refractivity contribution in [2.45, 2.75) is 59.8 Å². The van der Waals surface area contributed by atoms with Crippen molar-refractivity contribution in [3.63, 3.8) is 0 Å². The van der Waals surface area contributed by atoms with Gasteiger partial charge >= 0.3 is 0 Å². The van der Waals surface area contributed by atoms with E-state index < -0.39 is 0 Å². The molecule has 0 aliphatic rings. The summed E-state index contributed by atoms with van der Waals surface area (Å²) in [6, 6.07) is 8.58. The number of aromatic nitrogens is 2. The predicted octanol–water partition coefficient (Wildman–Crippen LogP) is 6.21. The third-order valence-corrected chi connectivity index (χ3v) is 6.56. The molecule has 0 aliphatic heterocycles. The Morgan fingerprint density at radius 3 is 2.35 bits per heavy atom. The SMILES string of the molecule is CCCCN(CCCC)C(=O)CCNc1ncnc2sc(C)c(-c3ccc(C)cc3)c12. The van der Waals surface area contributed by atoms with Crippen LogP contribution in [-0.4, -0.2) is 40.4 Å². The number of aryl methyl sites for hydroxylation is 2. The fourth-order valence-corrected chi connectivity index (χ4v) is 4.76. The summed E-state index contributed by atoms with van der Waals surface area (Å²) in [6.45, 7) is 10.8. The average molecular weight is 439 g/mol. The number of fused-ring (bicyclic) bond motifs is 1. The highest BCUT2D eigenvalue weighted by Crippen LogP contribution is 2.40. The molecule has 3 aromatic rings. The molecule has 1 N–H and O–H groups in total. The van der Waals surface area contributed by atoms with Crippen molar-refractivity contribution in [2.75, 3.05) is 25.0 Å². The molecule has 0 spiro atoms. The van der Waals surface area contributed by atoms with Crippen LogP contribution in [0.25, 0.3) is 21.3 Å². The van der Waals surface area contributed by atoms with E-state index in [1.165, 1.54) is 21.6 Å². The second-order valence-corrected chi connectivity index (χ2v) is 9.27. The highest BCUT2D eigenvalue weighted by Gasteiger charge is 2.17. The standard InChI is InChI=1S/C25H34N4OS/c1-5-7-15-29(16-8-6-2)21(30)13-14-26-24-23-22(20-11-9-18(3)10-12-20)19(4)31-25(23)28-17-27-24/h9-12,17H,5-8,13-16H2,1-4H3,(H,26,27,28). The molecule has 0 fully saturated rings. The van der Waals surface area contributed by atoms with Gasteiger partial charge in [0.2, 0.25) is 5.91 Å². The zero-order valence-corrected chi connectivity index (χ0v) is 20.0. The van der Waals surface area contributed by atoms with Gasteiger partial charge in [0.25, 0.3) is 0 Å². The average Bonchev–Trinajstić information content (AvgIpc) is 3.11. The smallest absolute Gasteiger partial charge is 0.224 e. The predicted molar refractivity (Wildman–Crippen MR) is 132 cm³/mol. The Kier molecular flexibility index (Phi) is 8.41. The number of carbonyl (C=O) groups excluding carboxylic acids is 1. The van der Waals surface area contributed by atoms with Gasteiger partial charge in [-0.05, 0) is 32.3 Å². The number of amides is 1. The van der Waals surface area contributed by atoms with Crippen molar-refractivity contribution in [3.05, 3.63) is 41.0 Å². The summed E-state index contributed by atoms with van der Waals surface area (Å²) in [7, 11) is 0. The number of carbonyl (C=O) groups is 1. The maximum Gasteiger partial charge on any atom is 0.224 e. The van der Waals surface area contributed by atoms with Crippen LogP contribution in [0.15, 0.2) is 30.6 Å². The van der Waals surface area contributed by atoms with Gasteiger partial charge in [0.05, 0.1) is 5.39 Å². The third-order valence-electron chi connectivity index (χ3n) is 5.55. The Morgan fingerprint density at radius 2 is 1.71 bits per heavy atom. The Labute approximate surface area is 189 Å². The lowest BCUT2D eigenvalue weighted by molar-refractivity contribution is -0.131. The Morgan fingerprint density at radius 1 is 1.03 bits per heavy atom. The Bertz CT molecular complexity index is 989. The van der Waals surface area contributed by atoms with E-state index in [1.54, 1.807) is 17.7 Å². The van der Waals surface area contributed by atoms with E-state index in [-0.39, 0.29) is 5.91 Å². The first-order valence-electron chi connectivity index (χ1n) is 11.4. The summed E-state index contributed by atoms with van der Waals surface area (Å²) in [4.78, 5) is 26.0. The highest BCUT2D eigenvalue weighted by atomic mass is 32.1. The number of nitrogens with zero attached hydrogens (tertiary/aromatic N) is 3. The number of benzene rings is 1. The van der Waals surface area contributed by atoms with E-state index in [0.29, 0.717) is 13.0 Å². The second kappa shape index (κ2) is 11.2. The topological polar surface area (TPSA) is 58.1 Å². The first kappa shape index (κ1) is 23.2. The molecule has 31 heavy (non-hydrogen) atoms. The molecule has 166 valence electrons. The lowest BCUT2D eigenvalue weighted by atomic mass is 10.0. The minimum absolute atomic E-state index is 0.222. The molecular weight excluding hydrogens is 404 g/mol. The molecule has 0 unspecified atom stereocenters. The van der Waals surface area contributed by atoms with Crippen LogP contribution >= 0.6 is 11.3 Å². The van der Waals surface area contributed by atoms with Gasteiger partial charge in [-0.25, -0.2) is 9.97 Å². The number of thiophene rings is 1. The second-order valence-electron chi connectivity index (χ2n) is 8.07. The van der Waals surface area contributed by atoms with Crippen LogP contribution in [0.5, 0.6) is 0 Å². The Balaban J connectivity index is 1.76. The number of anilines is 1. The van der Waals surface area contributed by atoms with E-state index in [2.05, 4.69) is 67.2 Å². The third kappa shape index (κ3) is 5.82. The molecule has 0 saturated carbocycles. The monoisotopic (exact) mass is 438 g/mol. The minimum Gasteiger partial charge on any atom is -0.369 e. The largest absolute Gasteiger partial charge is 0.369 e. The van der Waals surface area contributed by atoms with Crippen LogP contribution in [0, 0.1) is 13.8 Å². The lowest BCUT2D eigenvalue weighted by Gasteiger charge is -2.22. The zero-order valence-electron chi connectivity index (χ0n) is 19.2. The van der Waals surface area contributed by atoms with E-state index in [0.717, 1.165) is 54.8 Å². The normalized spacial score (nSPS) is 11.1. The van der Waals surface area contributed by atoms with Gasteiger partial charge in [0, 0.05) is 36.5 Å². The maximum atomic E-state index is 12.8. The molecule has 0 bridgehead atoms. The van der Waals surface area contributed by atoms with Crippen molar-refractivity contribution in [2.24, 2.45) is 0 Å². The first-order chi connectivity index (χ1) is 15.0. The summed E-state index contributed by atoms with van der Waals surface area (Å²) in [5.41, 5.74) is 3.60. The van der Waals surface area contributed by atoms with Gasteiger partial charge in [0.15, 0.2) is 0 Å². The number of hydrogen-bond acceptors (Lipinski definition) is 5. The molecule has 2 heterocycles.